The molecule has 0 saturated heterocycles. The Hall–Kier alpha value is -1.65. The van der Waals surface area contributed by atoms with Crippen LogP contribution in [0.15, 0.2) is 94.5 Å². The normalized spacial score (nSPS) is 29.2. The van der Waals surface area contributed by atoms with Gasteiger partial charge in [-0.1, -0.05) is 129 Å². The van der Waals surface area contributed by atoms with Gasteiger partial charge in [-0.05, 0) is 36.8 Å². The van der Waals surface area contributed by atoms with Crippen molar-refractivity contribution in [2.75, 3.05) is 0 Å². The average molecular weight is 421 g/mol. The number of unbranched alkanes of at least 4 members (excludes halogenated alkanes) is 2. The molecule has 0 heterocycles. The van der Waals surface area contributed by atoms with E-state index >= 15 is 0 Å². The van der Waals surface area contributed by atoms with Gasteiger partial charge in [-0.15, -0.1) is 0 Å². The molecule has 0 atom stereocenters. The van der Waals surface area contributed by atoms with E-state index in [0.717, 1.165) is 0 Å². The summed E-state index contributed by atoms with van der Waals surface area (Å²) >= 11 is 0. The molecule has 0 N–H and O–H groups in total. The molecule has 2 aliphatic carbocycles. The van der Waals surface area contributed by atoms with E-state index in [1.165, 1.54) is 32.1 Å². The third kappa shape index (κ3) is 7.95. The molecule has 156 valence electrons. The fourth-order valence-electron chi connectivity index (χ4n) is 4.00. The first-order valence-electron chi connectivity index (χ1n) is 11.2. The zero-order valence-corrected chi connectivity index (χ0v) is 21.5. The highest BCUT2D eigenvalue weighted by atomic mass is 28.3. The van der Waals surface area contributed by atoms with Crippen molar-refractivity contribution in [2.45, 2.75) is 71.4 Å². The first-order chi connectivity index (χ1) is 13.7. The molecule has 0 aliphatic heterocycles. The van der Waals surface area contributed by atoms with Crippen molar-refractivity contribution in [1.82, 2.24) is 0 Å². The van der Waals surface area contributed by atoms with Crippen LogP contribution in [0.5, 0.6) is 0 Å². The van der Waals surface area contributed by atoms with E-state index in [0.29, 0.717) is 0 Å². The van der Waals surface area contributed by atoms with Crippen molar-refractivity contribution in [3.8, 4) is 0 Å². The Bertz CT molecular complexity index is 726. The molecule has 0 aromatic carbocycles. The monoisotopic (exact) mass is 420 g/mol. The third-order valence-corrected chi connectivity index (χ3v) is 9.70. The highest BCUT2D eigenvalue weighted by Crippen LogP contribution is 2.28. The fourth-order valence-corrected chi connectivity index (χ4v) is 7.54. The number of hydrogen-bond donors (Lipinski definition) is 0. The van der Waals surface area contributed by atoms with Crippen LogP contribution in [-0.4, -0.2) is 16.1 Å². The number of rotatable bonds is 8. The Balaban J connectivity index is 2.00. The second kappa shape index (κ2) is 10.9. The van der Waals surface area contributed by atoms with Gasteiger partial charge in [0.05, 0.1) is 16.1 Å². The lowest BCUT2D eigenvalue weighted by Gasteiger charge is -2.23. The zero-order valence-electron chi connectivity index (χ0n) is 19.5. The summed E-state index contributed by atoms with van der Waals surface area (Å²) in [5.74, 6) is 0. The second-order valence-electron chi connectivity index (χ2n) is 10.1. The van der Waals surface area contributed by atoms with Crippen LogP contribution in [0.2, 0.25) is 39.3 Å². The Labute approximate surface area is 181 Å². The van der Waals surface area contributed by atoms with E-state index in [-0.39, 0.29) is 0 Å². The van der Waals surface area contributed by atoms with Crippen LogP contribution in [-0.2, 0) is 0 Å². The van der Waals surface area contributed by atoms with Crippen molar-refractivity contribution < 1.29 is 0 Å². The maximum absolute atomic E-state index is 2.46. The van der Waals surface area contributed by atoms with Crippen molar-refractivity contribution in [3.63, 3.8) is 0 Å². The summed E-state index contributed by atoms with van der Waals surface area (Å²) in [7, 11) is -2.66. The zero-order chi connectivity index (χ0) is 21.3. The lowest BCUT2D eigenvalue weighted by molar-refractivity contribution is 0.680. The fraction of sp³-hybridized carbons (Fsp3) is 0.407. The van der Waals surface area contributed by atoms with Crippen molar-refractivity contribution in [2.24, 2.45) is 0 Å². The van der Waals surface area contributed by atoms with E-state index in [4.69, 9.17) is 0 Å². The molecule has 0 fully saturated rings. The molecule has 2 aliphatic rings. The predicted octanol–water partition coefficient (Wildman–Crippen LogP) is 8.65. The van der Waals surface area contributed by atoms with Crippen LogP contribution in [0.25, 0.3) is 0 Å². The predicted molar refractivity (Wildman–Crippen MR) is 139 cm³/mol. The van der Waals surface area contributed by atoms with Crippen molar-refractivity contribution in [1.29, 1.82) is 0 Å². The quantitative estimate of drug-likeness (QED) is 0.272. The van der Waals surface area contributed by atoms with E-state index in [1.807, 2.05) is 0 Å². The van der Waals surface area contributed by atoms with Gasteiger partial charge in [-0.3, -0.25) is 0 Å². The van der Waals surface area contributed by atoms with Gasteiger partial charge >= 0.3 is 0 Å². The summed E-state index contributed by atoms with van der Waals surface area (Å²) < 4.78 is 0. The Morgan fingerprint density at radius 3 is 1.14 bits per heavy atom. The van der Waals surface area contributed by atoms with Crippen LogP contribution in [0.3, 0.4) is 0 Å². The van der Waals surface area contributed by atoms with E-state index in [2.05, 4.69) is 112 Å². The Kier molecular flexibility index (Phi) is 8.91. The summed E-state index contributed by atoms with van der Waals surface area (Å²) in [4.78, 5) is 0. The summed E-state index contributed by atoms with van der Waals surface area (Å²) in [6.07, 6.45) is 33.1. The minimum absolute atomic E-state index is 1.20. The molecule has 2 heteroatoms. The molecule has 0 radical (unpaired) electrons. The lowest BCUT2D eigenvalue weighted by Crippen LogP contribution is -2.24. The molecule has 0 saturated carbocycles. The first-order valence-corrected chi connectivity index (χ1v) is 18.2. The summed E-state index contributed by atoms with van der Waals surface area (Å²) in [6, 6.07) is 0. The molecule has 2 rings (SSSR count). The van der Waals surface area contributed by atoms with Crippen LogP contribution < -0.4 is 0 Å². The summed E-state index contributed by atoms with van der Waals surface area (Å²) in [5.41, 5.74) is 3.12. The van der Waals surface area contributed by atoms with Gasteiger partial charge < -0.3 is 0 Å². The second-order valence-corrected chi connectivity index (χ2v) is 20.2. The van der Waals surface area contributed by atoms with Gasteiger partial charge in [0.1, 0.15) is 0 Å². The molecular weight excluding hydrogens is 380 g/mol. The highest BCUT2D eigenvalue weighted by molar-refractivity contribution is 6.84. The van der Waals surface area contributed by atoms with E-state index in [9.17, 15) is 0 Å². The lowest BCUT2D eigenvalue weighted by atomic mass is 10.0. The summed E-state index contributed by atoms with van der Waals surface area (Å²) in [5, 5.41) is 3.23. The maximum atomic E-state index is 2.46. The van der Waals surface area contributed by atoms with E-state index < -0.39 is 16.1 Å². The maximum Gasteiger partial charge on any atom is 0.0779 e. The van der Waals surface area contributed by atoms with Crippen LogP contribution >= 0.6 is 0 Å². The van der Waals surface area contributed by atoms with Crippen molar-refractivity contribution >= 4 is 16.1 Å². The van der Waals surface area contributed by atoms with Crippen LogP contribution in [0.4, 0.5) is 0 Å². The molecule has 0 spiro atoms. The van der Waals surface area contributed by atoms with Crippen LogP contribution in [0.1, 0.15) is 32.1 Å². The minimum atomic E-state index is -1.33. The third-order valence-electron chi connectivity index (χ3n) is 5.49. The molecular formula is C27H40Si2. The Morgan fingerprint density at radius 1 is 0.448 bits per heavy atom. The molecule has 0 nitrogen and oxygen atoms in total. The van der Waals surface area contributed by atoms with Gasteiger partial charge in [0.15, 0.2) is 0 Å². The van der Waals surface area contributed by atoms with Crippen molar-refractivity contribution in [3.05, 3.63) is 94.5 Å². The minimum Gasteiger partial charge on any atom is -0.0656 e. The molecule has 0 amide bonds. The van der Waals surface area contributed by atoms with E-state index in [1.54, 1.807) is 21.5 Å². The van der Waals surface area contributed by atoms with Gasteiger partial charge in [0, 0.05) is 0 Å². The number of allylic oxidation sites excluding steroid dienone is 16. The van der Waals surface area contributed by atoms with Gasteiger partial charge in [0.2, 0.25) is 0 Å². The molecule has 0 aromatic rings. The van der Waals surface area contributed by atoms with Gasteiger partial charge in [0.25, 0.3) is 0 Å². The standard InChI is InChI=1S/C27H40Si2/c1-28(2,3)26-22-16-9-7-12-18-24(26)20-14-11-15-21-25-19-13-8-10-17-23-27(25)29(4,5)6/h7-10,12-13,16-19,22-23H,11,14-15,20-21H2,1-6H3/b9-7-,10-8-,12-7?,13-8?,16-9?,17-10?,18-12-,19-13-,22-16-,23-17-,24-18?,25-19?,26-22?,26-24-,27-23?,27-25-. The average Bonchev–Trinajstić information content (AvgIpc) is 2.55. The van der Waals surface area contributed by atoms with Gasteiger partial charge in [-0.2, -0.15) is 0 Å². The largest absolute Gasteiger partial charge is 0.0779 e. The molecule has 29 heavy (non-hydrogen) atoms. The highest BCUT2D eigenvalue weighted by Gasteiger charge is 2.21. The smallest absolute Gasteiger partial charge is 0.0656 e. The SMILES string of the molecule is C[Si](C)(C)C1=C(CCCCCC2=C([Si](C)(C)C)/C=C\C=C/C=C\2)/C=C\C=C/C=C\1. The summed E-state index contributed by atoms with van der Waals surface area (Å²) in [6.45, 7) is 14.7. The molecule has 0 bridgehead atoms. The Morgan fingerprint density at radius 2 is 0.793 bits per heavy atom. The number of hydrogen-bond acceptors (Lipinski definition) is 0. The molecule has 0 unspecified atom stereocenters. The van der Waals surface area contributed by atoms with Gasteiger partial charge in [-0.25, -0.2) is 0 Å². The van der Waals surface area contributed by atoms with Crippen LogP contribution in [0, 0.1) is 0 Å². The topological polar surface area (TPSA) is 0 Å². The first kappa shape index (κ1) is 23.6. The molecule has 0 aromatic heterocycles.